The predicted octanol–water partition coefficient (Wildman–Crippen LogP) is -1.95. The van der Waals surface area contributed by atoms with Crippen LogP contribution < -0.4 is 44.6 Å². The number of carboxylic acid groups (broad SMARTS) is 1. The molecule has 0 aliphatic heterocycles. The molecule has 0 aromatic carbocycles. The molecule has 39 heavy (non-hydrogen) atoms. The summed E-state index contributed by atoms with van der Waals surface area (Å²) in [6, 6.07) is -4.05. The van der Waals surface area contributed by atoms with Gasteiger partial charge in [-0.25, -0.2) is 4.79 Å². The van der Waals surface area contributed by atoms with E-state index in [4.69, 9.17) is 28.7 Å². The maximum absolute atomic E-state index is 13.3. The summed E-state index contributed by atoms with van der Waals surface area (Å²) in [4.78, 5) is 58.4. The smallest absolute Gasteiger partial charge is 0.326 e. The Morgan fingerprint density at radius 1 is 0.769 bits per heavy atom. The standard InChI is InChI=1S/C24H48N10O5/c1-5-14(4)18(21(37)32-16(22(38)39)9-7-11-31-24(28)29)34-20(36)17(12-13(2)3)33-19(35)15(25)8-6-10-30-23(26)27/h13-18H,5-12,25H2,1-4H3,(H,32,37)(H,33,35)(H,34,36)(H,38,39)(H4,26,27,30)(H4,28,29,31). The zero-order valence-electron chi connectivity index (χ0n) is 23.5. The zero-order chi connectivity index (χ0) is 30.1. The van der Waals surface area contributed by atoms with Crippen molar-refractivity contribution in [3.63, 3.8) is 0 Å². The van der Waals surface area contributed by atoms with E-state index in [1.54, 1.807) is 6.92 Å². The Kier molecular flexibility index (Phi) is 16.9. The molecule has 0 heterocycles. The van der Waals surface area contributed by atoms with Gasteiger partial charge < -0.3 is 49.7 Å². The summed E-state index contributed by atoms with van der Waals surface area (Å²) in [5.41, 5.74) is 27.1. The lowest BCUT2D eigenvalue weighted by Crippen LogP contribution is -2.58. The number of carbonyl (C=O) groups excluding carboxylic acids is 3. The summed E-state index contributed by atoms with van der Waals surface area (Å²) in [7, 11) is 0. The summed E-state index contributed by atoms with van der Waals surface area (Å²) >= 11 is 0. The quantitative estimate of drug-likeness (QED) is 0.0481. The second-order valence-corrected chi connectivity index (χ2v) is 9.97. The minimum atomic E-state index is -1.22. The predicted molar refractivity (Wildman–Crippen MR) is 150 cm³/mol. The Bertz CT molecular complexity index is 856. The molecule has 0 bridgehead atoms. The Balaban J connectivity index is 5.45. The van der Waals surface area contributed by atoms with Gasteiger partial charge in [0, 0.05) is 13.1 Å². The van der Waals surface area contributed by atoms with Crippen molar-refractivity contribution in [2.45, 2.75) is 90.4 Å². The van der Waals surface area contributed by atoms with Crippen LogP contribution in [-0.4, -0.2) is 78.0 Å². The maximum atomic E-state index is 13.3. The van der Waals surface area contributed by atoms with Crippen LogP contribution in [0.3, 0.4) is 0 Å². The maximum Gasteiger partial charge on any atom is 0.326 e. The molecule has 0 saturated carbocycles. The van der Waals surface area contributed by atoms with Crippen molar-refractivity contribution >= 4 is 35.6 Å². The number of amides is 3. The van der Waals surface area contributed by atoms with Gasteiger partial charge in [0.25, 0.3) is 0 Å². The third-order valence-electron chi connectivity index (χ3n) is 6.00. The number of guanidine groups is 2. The molecule has 0 aromatic heterocycles. The Morgan fingerprint density at radius 3 is 1.74 bits per heavy atom. The van der Waals surface area contributed by atoms with Gasteiger partial charge in [0.1, 0.15) is 18.1 Å². The van der Waals surface area contributed by atoms with Crippen LogP contribution in [0.2, 0.25) is 0 Å². The van der Waals surface area contributed by atoms with E-state index in [1.807, 2.05) is 20.8 Å². The van der Waals surface area contributed by atoms with E-state index >= 15 is 0 Å². The molecule has 0 spiro atoms. The molecule has 15 nitrogen and oxygen atoms in total. The van der Waals surface area contributed by atoms with Crippen LogP contribution in [0.4, 0.5) is 0 Å². The molecule has 0 radical (unpaired) electrons. The number of hydrogen-bond donors (Lipinski definition) is 9. The molecule has 5 unspecified atom stereocenters. The fourth-order valence-electron chi connectivity index (χ4n) is 3.61. The van der Waals surface area contributed by atoms with Gasteiger partial charge in [0.15, 0.2) is 11.9 Å². The third kappa shape index (κ3) is 15.4. The van der Waals surface area contributed by atoms with Crippen LogP contribution in [0.15, 0.2) is 9.98 Å². The van der Waals surface area contributed by atoms with E-state index in [2.05, 4.69) is 25.9 Å². The van der Waals surface area contributed by atoms with Gasteiger partial charge in [-0.15, -0.1) is 0 Å². The first-order valence-corrected chi connectivity index (χ1v) is 13.2. The number of nitrogens with two attached hydrogens (primary N) is 5. The van der Waals surface area contributed by atoms with Crippen LogP contribution in [0.25, 0.3) is 0 Å². The normalized spacial score (nSPS) is 14.7. The largest absolute Gasteiger partial charge is 0.480 e. The molecule has 5 atom stereocenters. The monoisotopic (exact) mass is 556 g/mol. The topological polar surface area (TPSA) is 279 Å². The summed E-state index contributed by atoms with van der Waals surface area (Å²) < 4.78 is 0. The number of hydrogen-bond acceptors (Lipinski definition) is 7. The van der Waals surface area contributed by atoms with Crippen LogP contribution in [0, 0.1) is 11.8 Å². The average Bonchev–Trinajstić information content (AvgIpc) is 2.84. The highest BCUT2D eigenvalue weighted by Gasteiger charge is 2.32. The lowest BCUT2D eigenvalue weighted by atomic mass is 9.96. The highest BCUT2D eigenvalue weighted by atomic mass is 16.4. The fourth-order valence-corrected chi connectivity index (χ4v) is 3.61. The first kappa shape index (κ1) is 35.4. The van der Waals surface area contributed by atoms with Gasteiger partial charge in [-0.1, -0.05) is 34.1 Å². The molecule has 0 aromatic rings. The van der Waals surface area contributed by atoms with E-state index in [0.29, 0.717) is 38.6 Å². The number of carbonyl (C=O) groups is 4. The van der Waals surface area contributed by atoms with Crippen molar-refractivity contribution in [3.8, 4) is 0 Å². The van der Waals surface area contributed by atoms with E-state index in [9.17, 15) is 24.3 Å². The van der Waals surface area contributed by atoms with E-state index in [0.717, 1.165) is 0 Å². The molecule has 0 aliphatic carbocycles. The molecule has 0 aliphatic rings. The SMILES string of the molecule is CCC(C)C(NC(=O)C(CC(C)C)NC(=O)C(N)CCCN=C(N)N)C(=O)NC(CCCN=C(N)N)C(=O)O. The number of aliphatic carboxylic acids is 1. The molecule has 15 heteroatoms. The van der Waals surface area contributed by atoms with Crippen molar-refractivity contribution in [2.24, 2.45) is 50.5 Å². The van der Waals surface area contributed by atoms with Crippen molar-refractivity contribution in [2.75, 3.05) is 13.1 Å². The van der Waals surface area contributed by atoms with Crippen LogP contribution in [-0.2, 0) is 19.2 Å². The molecule has 0 rings (SSSR count). The van der Waals surface area contributed by atoms with Crippen molar-refractivity contribution in [1.82, 2.24) is 16.0 Å². The van der Waals surface area contributed by atoms with Gasteiger partial charge in [0.05, 0.1) is 6.04 Å². The summed E-state index contributed by atoms with van der Waals surface area (Å²) in [6.07, 6.45) is 2.02. The fraction of sp³-hybridized carbons (Fsp3) is 0.750. The molecule has 224 valence electrons. The summed E-state index contributed by atoms with van der Waals surface area (Å²) in [5, 5.41) is 17.5. The van der Waals surface area contributed by atoms with Crippen LogP contribution in [0.1, 0.15) is 66.2 Å². The highest BCUT2D eigenvalue weighted by Crippen LogP contribution is 2.12. The van der Waals surface area contributed by atoms with Crippen molar-refractivity contribution < 1.29 is 24.3 Å². The number of nitrogens with zero attached hydrogens (tertiary/aromatic N) is 2. The van der Waals surface area contributed by atoms with E-state index in [-0.39, 0.29) is 36.7 Å². The number of rotatable bonds is 19. The first-order valence-electron chi connectivity index (χ1n) is 13.2. The zero-order valence-corrected chi connectivity index (χ0v) is 23.5. The number of carboxylic acids is 1. The van der Waals surface area contributed by atoms with E-state index < -0.39 is 47.9 Å². The average molecular weight is 557 g/mol. The van der Waals surface area contributed by atoms with Crippen molar-refractivity contribution in [1.29, 1.82) is 0 Å². The lowest BCUT2D eigenvalue weighted by Gasteiger charge is -2.28. The molecule has 14 N–H and O–H groups in total. The van der Waals surface area contributed by atoms with Gasteiger partial charge in [-0.2, -0.15) is 0 Å². The van der Waals surface area contributed by atoms with Gasteiger partial charge in [0.2, 0.25) is 17.7 Å². The second kappa shape index (κ2) is 18.6. The summed E-state index contributed by atoms with van der Waals surface area (Å²) in [6.45, 7) is 7.91. The van der Waals surface area contributed by atoms with Crippen LogP contribution >= 0.6 is 0 Å². The molecular weight excluding hydrogens is 508 g/mol. The second-order valence-electron chi connectivity index (χ2n) is 9.97. The Hall–Kier alpha value is -3.62. The van der Waals surface area contributed by atoms with Gasteiger partial charge >= 0.3 is 5.97 Å². The minimum Gasteiger partial charge on any atom is -0.480 e. The van der Waals surface area contributed by atoms with Gasteiger partial charge in [-0.3, -0.25) is 24.4 Å². The first-order chi connectivity index (χ1) is 18.2. The van der Waals surface area contributed by atoms with E-state index in [1.165, 1.54) is 0 Å². The highest BCUT2D eigenvalue weighted by molar-refractivity contribution is 5.94. The summed E-state index contributed by atoms with van der Waals surface area (Å²) in [5.74, 6) is -3.39. The van der Waals surface area contributed by atoms with Crippen molar-refractivity contribution in [3.05, 3.63) is 0 Å². The molecule has 0 fully saturated rings. The lowest BCUT2D eigenvalue weighted by molar-refractivity contribution is -0.143. The Morgan fingerprint density at radius 2 is 1.28 bits per heavy atom. The Labute approximate surface area is 230 Å². The third-order valence-corrected chi connectivity index (χ3v) is 6.00. The molecular formula is C24H48N10O5. The number of nitrogens with one attached hydrogen (secondary N) is 3. The van der Waals surface area contributed by atoms with Crippen LogP contribution in [0.5, 0.6) is 0 Å². The minimum absolute atomic E-state index is 0.0385. The van der Waals surface area contributed by atoms with Gasteiger partial charge in [-0.05, 0) is 43.9 Å². The number of aliphatic imine (C=N–C) groups is 2. The molecule has 3 amide bonds. The molecule has 0 saturated heterocycles.